The molecule has 132 valence electrons. The molecule has 2 N–H and O–H groups in total. The van der Waals surface area contributed by atoms with Crippen LogP contribution in [-0.2, 0) is 14.8 Å². The minimum absolute atomic E-state index is 0.0391. The van der Waals surface area contributed by atoms with E-state index in [2.05, 4.69) is 10.0 Å². The summed E-state index contributed by atoms with van der Waals surface area (Å²) in [4.78, 5) is 24.8. The van der Waals surface area contributed by atoms with E-state index in [1.165, 1.54) is 29.2 Å². The Morgan fingerprint density at radius 2 is 1.56 bits per heavy atom. The molecular formula is C17H19N3O4S. The Morgan fingerprint density at radius 3 is 2.12 bits per heavy atom. The summed E-state index contributed by atoms with van der Waals surface area (Å²) in [5, 5.41) is 2.48. The third-order valence-corrected chi connectivity index (χ3v) is 4.75. The largest absolute Gasteiger partial charge is 0.347 e. The number of nitrogens with zero attached hydrogens (tertiary/aromatic N) is 1. The highest BCUT2D eigenvalue weighted by Crippen LogP contribution is 2.16. The fourth-order valence-electron chi connectivity index (χ4n) is 1.92. The van der Waals surface area contributed by atoms with Crippen LogP contribution in [0.1, 0.15) is 10.4 Å². The molecule has 8 heteroatoms. The van der Waals surface area contributed by atoms with Gasteiger partial charge in [-0.05, 0) is 36.4 Å². The molecule has 0 aromatic heterocycles. The zero-order valence-electron chi connectivity index (χ0n) is 13.9. The van der Waals surface area contributed by atoms with Gasteiger partial charge in [-0.1, -0.05) is 18.2 Å². The number of para-hydroxylation sites is 1. The van der Waals surface area contributed by atoms with Crippen molar-refractivity contribution >= 4 is 27.5 Å². The molecule has 0 fully saturated rings. The number of carbonyl (C=O) groups excluding carboxylic acids is 2. The molecule has 0 bridgehead atoms. The Balaban J connectivity index is 2.06. The standard InChI is InChI=1S/C17H19N3O4S/c1-20(2)16(21)12-18-17(22)13-8-10-15(11-9-13)25(23,24)19-14-6-4-3-5-7-14/h3-11,19H,12H2,1-2H3,(H,18,22). The van der Waals surface area contributed by atoms with Crippen LogP contribution in [0.3, 0.4) is 0 Å². The Kier molecular flexibility index (Phi) is 5.76. The highest BCUT2D eigenvalue weighted by atomic mass is 32.2. The van der Waals surface area contributed by atoms with Gasteiger partial charge in [-0.2, -0.15) is 0 Å². The van der Waals surface area contributed by atoms with Crippen LogP contribution in [-0.4, -0.2) is 45.8 Å². The van der Waals surface area contributed by atoms with E-state index in [1.807, 2.05) is 0 Å². The number of nitrogens with one attached hydrogen (secondary N) is 2. The van der Waals surface area contributed by atoms with E-state index in [0.29, 0.717) is 5.69 Å². The molecule has 0 aliphatic carbocycles. The number of hydrogen-bond acceptors (Lipinski definition) is 4. The minimum atomic E-state index is -3.74. The van der Waals surface area contributed by atoms with Gasteiger partial charge in [0, 0.05) is 25.3 Å². The van der Waals surface area contributed by atoms with Gasteiger partial charge >= 0.3 is 0 Å². The van der Waals surface area contributed by atoms with Crippen LogP contribution in [0.2, 0.25) is 0 Å². The normalized spacial score (nSPS) is 10.8. The average Bonchev–Trinajstić information content (AvgIpc) is 2.59. The van der Waals surface area contributed by atoms with Gasteiger partial charge in [0.05, 0.1) is 11.4 Å². The summed E-state index contributed by atoms with van der Waals surface area (Å²) in [6.07, 6.45) is 0. The fraction of sp³-hybridized carbons (Fsp3) is 0.176. The zero-order valence-corrected chi connectivity index (χ0v) is 14.7. The number of rotatable bonds is 6. The Morgan fingerprint density at radius 1 is 0.960 bits per heavy atom. The molecule has 2 aromatic rings. The van der Waals surface area contributed by atoms with Crippen molar-refractivity contribution in [1.29, 1.82) is 0 Å². The Bertz CT molecular complexity index is 847. The topological polar surface area (TPSA) is 95.6 Å². The minimum Gasteiger partial charge on any atom is -0.347 e. The van der Waals surface area contributed by atoms with Crippen molar-refractivity contribution in [3.8, 4) is 0 Å². The first-order valence-corrected chi connectivity index (χ1v) is 8.94. The molecule has 0 spiro atoms. The van der Waals surface area contributed by atoms with E-state index < -0.39 is 15.9 Å². The Hall–Kier alpha value is -2.87. The van der Waals surface area contributed by atoms with Gasteiger partial charge < -0.3 is 10.2 Å². The predicted molar refractivity (Wildman–Crippen MR) is 94.7 cm³/mol. The Labute approximate surface area is 146 Å². The maximum Gasteiger partial charge on any atom is 0.261 e. The average molecular weight is 361 g/mol. The molecule has 0 radical (unpaired) electrons. The molecule has 0 aliphatic heterocycles. The summed E-state index contributed by atoms with van der Waals surface area (Å²) in [5.41, 5.74) is 0.719. The number of likely N-dealkylation sites (N-methyl/N-ethyl adjacent to an activating group) is 1. The number of sulfonamides is 1. The molecule has 25 heavy (non-hydrogen) atoms. The summed E-state index contributed by atoms with van der Waals surface area (Å²) in [5.74, 6) is -0.685. The monoisotopic (exact) mass is 361 g/mol. The van der Waals surface area contributed by atoms with Crippen LogP contribution in [0.5, 0.6) is 0 Å². The van der Waals surface area contributed by atoms with Crippen LogP contribution in [0, 0.1) is 0 Å². The fourth-order valence-corrected chi connectivity index (χ4v) is 2.98. The van der Waals surface area contributed by atoms with Crippen molar-refractivity contribution in [2.75, 3.05) is 25.4 Å². The first kappa shape index (κ1) is 18.5. The van der Waals surface area contributed by atoms with E-state index >= 15 is 0 Å². The number of carbonyl (C=O) groups is 2. The van der Waals surface area contributed by atoms with E-state index in [9.17, 15) is 18.0 Å². The van der Waals surface area contributed by atoms with Crippen molar-refractivity contribution in [2.45, 2.75) is 4.90 Å². The molecule has 0 saturated heterocycles. The zero-order chi connectivity index (χ0) is 18.4. The lowest BCUT2D eigenvalue weighted by Gasteiger charge is -2.11. The predicted octanol–water partition coefficient (Wildman–Crippen LogP) is 1.31. The molecule has 0 saturated carbocycles. The van der Waals surface area contributed by atoms with Crippen molar-refractivity contribution in [3.05, 3.63) is 60.2 Å². The quantitative estimate of drug-likeness (QED) is 0.811. The first-order valence-electron chi connectivity index (χ1n) is 7.46. The van der Waals surface area contributed by atoms with Crippen LogP contribution in [0.15, 0.2) is 59.5 Å². The maximum atomic E-state index is 12.3. The second kappa shape index (κ2) is 7.80. The van der Waals surface area contributed by atoms with Crippen LogP contribution in [0.25, 0.3) is 0 Å². The van der Waals surface area contributed by atoms with E-state index in [-0.39, 0.29) is 22.9 Å². The van der Waals surface area contributed by atoms with Gasteiger partial charge in [-0.25, -0.2) is 8.42 Å². The van der Waals surface area contributed by atoms with Gasteiger partial charge in [0.25, 0.3) is 15.9 Å². The van der Waals surface area contributed by atoms with E-state index in [1.54, 1.807) is 44.4 Å². The lowest BCUT2D eigenvalue weighted by atomic mass is 10.2. The lowest BCUT2D eigenvalue weighted by molar-refractivity contribution is -0.127. The summed E-state index contributed by atoms with van der Waals surface area (Å²) >= 11 is 0. The van der Waals surface area contributed by atoms with Crippen LogP contribution < -0.4 is 10.0 Å². The summed E-state index contributed by atoms with van der Waals surface area (Å²) in [7, 11) is -0.553. The molecular weight excluding hydrogens is 342 g/mol. The second-order valence-corrected chi connectivity index (χ2v) is 7.15. The summed E-state index contributed by atoms with van der Waals surface area (Å²) in [6.45, 7) is -0.124. The summed E-state index contributed by atoms with van der Waals surface area (Å²) < 4.78 is 27.1. The van der Waals surface area contributed by atoms with Crippen LogP contribution in [0.4, 0.5) is 5.69 Å². The van der Waals surface area contributed by atoms with Crippen molar-refractivity contribution < 1.29 is 18.0 Å². The SMILES string of the molecule is CN(C)C(=O)CNC(=O)c1ccc(S(=O)(=O)Nc2ccccc2)cc1. The first-order chi connectivity index (χ1) is 11.8. The molecule has 2 aromatic carbocycles. The highest BCUT2D eigenvalue weighted by molar-refractivity contribution is 7.92. The van der Waals surface area contributed by atoms with Crippen molar-refractivity contribution in [3.63, 3.8) is 0 Å². The highest BCUT2D eigenvalue weighted by Gasteiger charge is 2.15. The van der Waals surface area contributed by atoms with Gasteiger partial charge in [0.2, 0.25) is 5.91 Å². The lowest BCUT2D eigenvalue weighted by Crippen LogP contribution is -2.36. The second-order valence-electron chi connectivity index (χ2n) is 5.47. The van der Waals surface area contributed by atoms with Crippen molar-refractivity contribution in [1.82, 2.24) is 10.2 Å². The summed E-state index contributed by atoms with van der Waals surface area (Å²) in [6, 6.07) is 14.0. The van der Waals surface area contributed by atoms with Gasteiger partial charge in [-0.3, -0.25) is 14.3 Å². The molecule has 2 rings (SSSR count). The molecule has 0 heterocycles. The van der Waals surface area contributed by atoms with Gasteiger partial charge in [-0.15, -0.1) is 0 Å². The van der Waals surface area contributed by atoms with E-state index in [0.717, 1.165) is 0 Å². The van der Waals surface area contributed by atoms with Gasteiger partial charge in [0.15, 0.2) is 0 Å². The maximum absolute atomic E-state index is 12.3. The van der Waals surface area contributed by atoms with E-state index in [4.69, 9.17) is 0 Å². The number of amides is 2. The molecule has 0 aliphatic rings. The molecule has 0 atom stereocenters. The van der Waals surface area contributed by atoms with Gasteiger partial charge in [0.1, 0.15) is 0 Å². The van der Waals surface area contributed by atoms with Crippen LogP contribution >= 0.6 is 0 Å². The smallest absolute Gasteiger partial charge is 0.261 e. The number of benzene rings is 2. The third kappa shape index (κ3) is 5.05. The third-order valence-electron chi connectivity index (χ3n) is 3.35. The van der Waals surface area contributed by atoms with Crippen molar-refractivity contribution in [2.24, 2.45) is 0 Å². The number of hydrogen-bond donors (Lipinski definition) is 2. The molecule has 0 unspecified atom stereocenters. The number of anilines is 1. The molecule has 7 nitrogen and oxygen atoms in total. The molecule has 2 amide bonds.